The molecule has 3 heterocycles. The van der Waals surface area contributed by atoms with Crippen LogP contribution in [-0.2, 0) is 10.2 Å². The van der Waals surface area contributed by atoms with Gasteiger partial charge in [-0.25, -0.2) is 0 Å². The Labute approximate surface area is 243 Å². The van der Waals surface area contributed by atoms with Gasteiger partial charge >= 0.3 is 0 Å². The summed E-state index contributed by atoms with van der Waals surface area (Å²) in [7, 11) is 3.11. The van der Waals surface area contributed by atoms with Gasteiger partial charge in [0, 0.05) is 22.5 Å². The lowest BCUT2D eigenvalue weighted by atomic mass is 9.64. The first-order valence-electron chi connectivity index (χ1n) is 13.8. The Bertz CT molecular complexity index is 1780. The van der Waals surface area contributed by atoms with Crippen molar-refractivity contribution in [3.05, 3.63) is 125 Å². The summed E-state index contributed by atoms with van der Waals surface area (Å²) in [4.78, 5) is 46.0. The third-order valence-corrected chi connectivity index (χ3v) is 8.82. The summed E-state index contributed by atoms with van der Waals surface area (Å²) in [5.41, 5.74) is 2.51. The molecule has 0 saturated carbocycles. The number of carbonyl (C=O) groups is 3. The van der Waals surface area contributed by atoms with E-state index in [1.807, 2.05) is 65.6 Å². The quantitative estimate of drug-likeness (QED) is 0.313. The molecule has 1 N–H and O–H groups in total. The molecular formula is C35H28N2O5. The highest BCUT2D eigenvalue weighted by Crippen LogP contribution is 2.58. The van der Waals surface area contributed by atoms with Crippen LogP contribution in [0.15, 0.2) is 103 Å². The fourth-order valence-corrected chi connectivity index (χ4v) is 7.00. The van der Waals surface area contributed by atoms with Gasteiger partial charge in [0.15, 0.2) is 11.6 Å². The summed E-state index contributed by atoms with van der Waals surface area (Å²) in [6.45, 7) is 0. The van der Waals surface area contributed by atoms with Gasteiger partial charge in [0.2, 0.25) is 5.91 Å². The number of Topliss-reactive ketones (excluding diaryl/α,β-unsaturated/α-hetero) is 2. The van der Waals surface area contributed by atoms with E-state index in [1.54, 1.807) is 62.8 Å². The molecule has 3 aliphatic heterocycles. The lowest BCUT2D eigenvalue weighted by molar-refractivity contribution is -0.121. The number of methoxy groups -OCH3 is 2. The molecule has 0 bridgehead atoms. The van der Waals surface area contributed by atoms with Crippen LogP contribution in [0.1, 0.15) is 31.8 Å². The van der Waals surface area contributed by atoms with Gasteiger partial charge in [0.25, 0.3) is 0 Å². The molecule has 0 unspecified atom stereocenters. The third kappa shape index (κ3) is 3.56. The predicted molar refractivity (Wildman–Crippen MR) is 160 cm³/mol. The van der Waals surface area contributed by atoms with Crippen LogP contribution in [0, 0.1) is 5.92 Å². The maximum atomic E-state index is 14.8. The average molecular weight is 557 g/mol. The molecule has 7 heteroatoms. The van der Waals surface area contributed by atoms with Crippen molar-refractivity contribution < 1.29 is 23.9 Å². The number of amides is 1. The van der Waals surface area contributed by atoms with E-state index in [0.717, 1.165) is 11.3 Å². The van der Waals surface area contributed by atoms with E-state index < -0.39 is 23.4 Å². The minimum absolute atomic E-state index is 0.259. The molecule has 0 aliphatic carbocycles. The summed E-state index contributed by atoms with van der Waals surface area (Å²) in [5, 5.41) is 3.06. The smallest absolute Gasteiger partial charge is 0.238 e. The molecule has 1 amide bonds. The van der Waals surface area contributed by atoms with Crippen molar-refractivity contribution in [1.82, 2.24) is 0 Å². The Kier molecular flexibility index (Phi) is 5.97. The first-order valence-corrected chi connectivity index (χ1v) is 13.8. The molecular weight excluding hydrogens is 528 g/mol. The fourth-order valence-electron chi connectivity index (χ4n) is 7.00. The van der Waals surface area contributed by atoms with Crippen LogP contribution in [-0.4, -0.2) is 43.8 Å². The molecule has 0 aromatic heterocycles. The second-order valence-corrected chi connectivity index (χ2v) is 10.8. The predicted octanol–water partition coefficient (Wildman–Crippen LogP) is 5.56. The van der Waals surface area contributed by atoms with Crippen LogP contribution in [0.5, 0.6) is 11.5 Å². The summed E-state index contributed by atoms with van der Waals surface area (Å²) in [6, 6.07) is 27.4. The van der Waals surface area contributed by atoms with Gasteiger partial charge in [-0.2, -0.15) is 0 Å². The number of nitrogens with one attached hydrogen (secondary N) is 1. The molecule has 7 rings (SSSR count). The van der Waals surface area contributed by atoms with Gasteiger partial charge in [-0.1, -0.05) is 60.7 Å². The van der Waals surface area contributed by atoms with Crippen molar-refractivity contribution in [3.8, 4) is 11.5 Å². The maximum absolute atomic E-state index is 14.8. The van der Waals surface area contributed by atoms with E-state index in [9.17, 15) is 14.4 Å². The zero-order valence-corrected chi connectivity index (χ0v) is 23.1. The van der Waals surface area contributed by atoms with Gasteiger partial charge in [-0.3, -0.25) is 14.4 Å². The van der Waals surface area contributed by atoms with E-state index in [2.05, 4.69) is 5.32 Å². The number of para-hydroxylation sites is 2. The van der Waals surface area contributed by atoms with E-state index >= 15 is 0 Å². The lowest BCUT2D eigenvalue weighted by Crippen LogP contribution is -2.51. The van der Waals surface area contributed by atoms with Crippen LogP contribution < -0.4 is 19.7 Å². The number of fused-ring (bicyclic) bond motifs is 6. The Balaban J connectivity index is 1.52. The summed E-state index contributed by atoms with van der Waals surface area (Å²) in [6.07, 6.45) is 3.96. The molecule has 4 aromatic rings. The van der Waals surface area contributed by atoms with Crippen LogP contribution in [0.3, 0.4) is 0 Å². The molecule has 1 spiro atoms. The molecule has 4 aromatic carbocycles. The molecule has 7 nitrogen and oxygen atoms in total. The van der Waals surface area contributed by atoms with Crippen molar-refractivity contribution in [2.75, 3.05) is 24.4 Å². The number of rotatable bonds is 6. The van der Waals surface area contributed by atoms with E-state index in [1.165, 1.54) is 0 Å². The molecule has 4 atom stereocenters. The molecule has 208 valence electrons. The van der Waals surface area contributed by atoms with Gasteiger partial charge in [0.05, 0.1) is 26.2 Å². The Morgan fingerprint density at radius 3 is 2.31 bits per heavy atom. The number of benzene rings is 4. The van der Waals surface area contributed by atoms with Gasteiger partial charge in [-0.05, 0) is 59.7 Å². The van der Waals surface area contributed by atoms with Crippen molar-refractivity contribution in [1.29, 1.82) is 0 Å². The molecule has 42 heavy (non-hydrogen) atoms. The number of anilines is 2. The highest BCUT2D eigenvalue weighted by molar-refractivity contribution is 6.18. The standard InChI is InChI=1S/C35H28N2O5/c1-41-24-17-14-22(15-18-24)32(38)30-31(33(39)23-9-7-10-25(20-23)42-2)37-28-13-6-3-8-21(28)16-19-29(37)35(30)26-11-4-5-12-27(26)36-34(35)40/h3-20,29-31H,1-2H3,(H,36,40)/t29-,30+,31+,35-/m1/s1. The number of ketones is 2. The number of carbonyl (C=O) groups excluding carboxylic acids is 3. The average Bonchev–Trinajstić information content (AvgIpc) is 3.52. The van der Waals surface area contributed by atoms with Crippen LogP contribution in [0.25, 0.3) is 6.08 Å². The van der Waals surface area contributed by atoms with Gasteiger partial charge < -0.3 is 19.7 Å². The van der Waals surface area contributed by atoms with Crippen molar-refractivity contribution in [2.24, 2.45) is 5.92 Å². The van der Waals surface area contributed by atoms with Crippen molar-refractivity contribution >= 4 is 34.9 Å². The van der Waals surface area contributed by atoms with Crippen LogP contribution >= 0.6 is 0 Å². The second kappa shape index (κ2) is 9.73. The summed E-state index contributed by atoms with van der Waals surface area (Å²) >= 11 is 0. The van der Waals surface area contributed by atoms with E-state index in [0.29, 0.717) is 33.9 Å². The van der Waals surface area contributed by atoms with E-state index in [-0.39, 0.29) is 17.5 Å². The highest BCUT2D eigenvalue weighted by atomic mass is 16.5. The first kappa shape index (κ1) is 25.8. The molecule has 3 aliphatic rings. The minimum Gasteiger partial charge on any atom is -0.497 e. The highest BCUT2D eigenvalue weighted by Gasteiger charge is 2.70. The summed E-state index contributed by atoms with van der Waals surface area (Å²) in [5.74, 6) is -0.749. The molecule has 0 radical (unpaired) electrons. The lowest BCUT2D eigenvalue weighted by Gasteiger charge is -2.37. The number of hydrogen-bond acceptors (Lipinski definition) is 6. The largest absolute Gasteiger partial charge is 0.497 e. The zero-order chi connectivity index (χ0) is 29.0. The zero-order valence-electron chi connectivity index (χ0n) is 23.1. The minimum atomic E-state index is -1.36. The monoisotopic (exact) mass is 556 g/mol. The number of hydrogen-bond donors (Lipinski definition) is 1. The van der Waals surface area contributed by atoms with Crippen molar-refractivity contribution in [2.45, 2.75) is 17.5 Å². The fraction of sp³-hybridized carbons (Fsp3) is 0.171. The SMILES string of the molecule is COc1ccc(C(=O)[C@@H]2[C@@H](C(=O)c3cccc(OC)c3)N3c4ccccc4C=C[C@@H]3[C@@]23C(=O)Nc2ccccc23)cc1. The van der Waals surface area contributed by atoms with Gasteiger partial charge in [-0.15, -0.1) is 0 Å². The molecule has 1 fully saturated rings. The van der Waals surface area contributed by atoms with Crippen LogP contribution in [0.4, 0.5) is 11.4 Å². The Morgan fingerprint density at radius 1 is 0.786 bits per heavy atom. The molecule has 1 saturated heterocycles. The topological polar surface area (TPSA) is 84.9 Å². The van der Waals surface area contributed by atoms with E-state index in [4.69, 9.17) is 9.47 Å². The first-order chi connectivity index (χ1) is 20.5. The Morgan fingerprint density at radius 2 is 1.52 bits per heavy atom. The summed E-state index contributed by atoms with van der Waals surface area (Å²) < 4.78 is 10.8. The normalized spacial score (nSPS) is 23.1. The Hall–Kier alpha value is -5.17. The second-order valence-electron chi connectivity index (χ2n) is 10.8. The third-order valence-electron chi connectivity index (χ3n) is 8.82. The van der Waals surface area contributed by atoms with Crippen LogP contribution in [0.2, 0.25) is 0 Å². The number of ether oxygens (including phenoxy) is 2. The number of nitrogens with zero attached hydrogens (tertiary/aromatic N) is 1. The van der Waals surface area contributed by atoms with Gasteiger partial charge in [0.1, 0.15) is 23.0 Å². The van der Waals surface area contributed by atoms with Crippen molar-refractivity contribution in [3.63, 3.8) is 0 Å². The maximum Gasteiger partial charge on any atom is 0.238 e.